The first kappa shape index (κ1) is 15.3. The van der Waals surface area contributed by atoms with Crippen molar-refractivity contribution in [3.63, 3.8) is 0 Å². The molecule has 106 valence electrons. The van der Waals surface area contributed by atoms with E-state index < -0.39 is 13.0 Å². The SMILES string of the molecule is O=C(CCOCC(F)F)NCCc1ccc(=O)[nH]c1. The van der Waals surface area contributed by atoms with Crippen LogP contribution in [0.2, 0.25) is 0 Å². The average molecular weight is 274 g/mol. The third kappa shape index (κ3) is 7.30. The Bertz CT molecular complexity index is 428. The molecule has 1 aromatic rings. The Hall–Kier alpha value is -1.76. The van der Waals surface area contributed by atoms with Crippen LogP contribution >= 0.6 is 0 Å². The van der Waals surface area contributed by atoms with E-state index in [-0.39, 0.29) is 24.5 Å². The molecule has 0 aromatic carbocycles. The van der Waals surface area contributed by atoms with Crippen molar-refractivity contribution in [3.05, 3.63) is 34.2 Å². The molecule has 7 heteroatoms. The Morgan fingerprint density at radius 2 is 2.21 bits per heavy atom. The van der Waals surface area contributed by atoms with Crippen LogP contribution in [0.4, 0.5) is 8.78 Å². The van der Waals surface area contributed by atoms with Gasteiger partial charge < -0.3 is 15.0 Å². The van der Waals surface area contributed by atoms with Gasteiger partial charge >= 0.3 is 0 Å². The van der Waals surface area contributed by atoms with Gasteiger partial charge in [-0.25, -0.2) is 8.78 Å². The lowest BCUT2D eigenvalue weighted by Crippen LogP contribution is -2.27. The van der Waals surface area contributed by atoms with Crippen molar-refractivity contribution in [1.82, 2.24) is 10.3 Å². The van der Waals surface area contributed by atoms with E-state index in [1.807, 2.05) is 0 Å². The normalized spacial score (nSPS) is 10.7. The van der Waals surface area contributed by atoms with Crippen LogP contribution in [-0.2, 0) is 16.0 Å². The number of halogens is 2. The number of aromatic amines is 1. The van der Waals surface area contributed by atoms with E-state index in [9.17, 15) is 18.4 Å². The van der Waals surface area contributed by atoms with Crippen molar-refractivity contribution in [1.29, 1.82) is 0 Å². The van der Waals surface area contributed by atoms with Crippen LogP contribution < -0.4 is 10.9 Å². The van der Waals surface area contributed by atoms with Gasteiger partial charge in [0.15, 0.2) is 0 Å². The highest BCUT2D eigenvalue weighted by atomic mass is 19.3. The molecule has 0 fully saturated rings. The number of nitrogens with one attached hydrogen (secondary N) is 2. The molecule has 0 spiro atoms. The Labute approximate surface area is 109 Å². The van der Waals surface area contributed by atoms with Gasteiger partial charge in [0, 0.05) is 25.2 Å². The molecule has 0 unspecified atom stereocenters. The van der Waals surface area contributed by atoms with E-state index in [1.54, 1.807) is 12.3 Å². The molecule has 0 aliphatic carbocycles. The third-order valence-corrected chi connectivity index (χ3v) is 2.30. The molecule has 1 aromatic heterocycles. The quantitative estimate of drug-likeness (QED) is 0.686. The lowest BCUT2D eigenvalue weighted by Gasteiger charge is -2.06. The maximum atomic E-state index is 11.7. The summed E-state index contributed by atoms with van der Waals surface area (Å²) >= 11 is 0. The molecule has 0 saturated carbocycles. The zero-order chi connectivity index (χ0) is 14.1. The number of aromatic nitrogens is 1. The van der Waals surface area contributed by atoms with E-state index in [4.69, 9.17) is 0 Å². The first-order chi connectivity index (χ1) is 9.08. The molecule has 0 atom stereocenters. The minimum absolute atomic E-state index is 0.0190. The van der Waals surface area contributed by atoms with Crippen LogP contribution in [0.5, 0.6) is 0 Å². The second-order valence-corrected chi connectivity index (χ2v) is 3.88. The summed E-state index contributed by atoms with van der Waals surface area (Å²) in [6.45, 7) is -0.251. The Kier molecular flexibility index (Phi) is 6.73. The summed E-state index contributed by atoms with van der Waals surface area (Å²) in [4.78, 5) is 24.6. The summed E-state index contributed by atoms with van der Waals surface area (Å²) in [5.74, 6) is -0.251. The number of hydrogen-bond acceptors (Lipinski definition) is 3. The van der Waals surface area contributed by atoms with Crippen LogP contribution in [-0.4, -0.2) is 37.1 Å². The van der Waals surface area contributed by atoms with Gasteiger partial charge in [0.2, 0.25) is 11.5 Å². The van der Waals surface area contributed by atoms with Gasteiger partial charge in [-0.15, -0.1) is 0 Å². The molecule has 5 nitrogen and oxygen atoms in total. The zero-order valence-electron chi connectivity index (χ0n) is 10.3. The highest BCUT2D eigenvalue weighted by Gasteiger charge is 2.04. The zero-order valence-corrected chi connectivity index (χ0v) is 10.3. The minimum atomic E-state index is -2.51. The van der Waals surface area contributed by atoms with Crippen LogP contribution in [0.15, 0.2) is 23.1 Å². The molecule has 1 amide bonds. The summed E-state index contributed by atoms with van der Waals surface area (Å²) in [7, 11) is 0. The molecule has 2 N–H and O–H groups in total. The molecule has 19 heavy (non-hydrogen) atoms. The number of rotatable bonds is 8. The number of hydrogen-bond donors (Lipinski definition) is 2. The molecule has 1 rings (SSSR count). The molecular weight excluding hydrogens is 258 g/mol. The monoisotopic (exact) mass is 274 g/mol. The topological polar surface area (TPSA) is 71.2 Å². The van der Waals surface area contributed by atoms with Crippen LogP contribution in [0.3, 0.4) is 0 Å². The maximum Gasteiger partial charge on any atom is 0.261 e. The summed E-state index contributed by atoms with van der Waals surface area (Å²) in [6.07, 6.45) is -0.290. The maximum absolute atomic E-state index is 11.7. The molecule has 1 heterocycles. The van der Waals surface area contributed by atoms with Gasteiger partial charge in [-0.2, -0.15) is 0 Å². The molecule has 0 radical (unpaired) electrons. The highest BCUT2D eigenvalue weighted by molar-refractivity contribution is 5.75. The average Bonchev–Trinajstić information content (AvgIpc) is 2.37. The molecule has 0 saturated heterocycles. The van der Waals surface area contributed by atoms with Crippen LogP contribution in [0, 0.1) is 0 Å². The van der Waals surface area contributed by atoms with E-state index in [0.717, 1.165) is 5.56 Å². The fourth-order valence-corrected chi connectivity index (χ4v) is 1.37. The van der Waals surface area contributed by atoms with Crippen molar-refractivity contribution >= 4 is 5.91 Å². The Morgan fingerprint density at radius 3 is 2.84 bits per heavy atom. The first-order valence-electron chi connectivity index (χ1n) is 5.88. The van der Waals surface area contributed by atoms with Crippen LogP contribution in [0.25, 0.3) is 0 Å². The van der Waals surface area contributed by atoms with Crippen molar-refractivity contribution < 1.29 is 18.3 Å². The van der Waals surface area contributed by atoms with Crippen LogP contribution in [0.1, 0.15) is 12.0 Å². The summed E-state index contributed by atoms with van der Waals surface area (Å²) < 4.78 is 28.0. The summed E-state index contributed by atoms with van der Waals surface area (Å²) in [5, 5.41) is 2.64. The smallest absolute Gasteiger partial charge is 0.261 e. The molecule has 0 aliphatic rings. The van der Waals surface area contributed by atoms with Crippen molar-refractivity contribution in [2.75, 3.05) is 19.8 Å². The highest BCUT2D eigenvalue weighted by Crippen LogP contribution is 1.95. The number of carbonyl (C=O) groups excluding carboxylic acids is 1. The largest absolute Gasteiger partial charge is 0.375 e. The first-order valence-corrected chi connectivity index (χ1v) is 5.88. The Balaban J connectivity index is 2.10. The lowest BCUT2D eigenvalue weighted by atomic mass is 10.2. The number of alkyl halides is 2. The second-order valence-electron chi connectivity index (χ2n) is 3.88. The number of pyridine rings is 1. The van der Waals surface area contributed by atoms with Gasteiger partial charge in [-0.3, -0.25) is 9.59 Å². The predicted octanol–water partition coefficient (Wildman–Crippen LogP) is 0.705. The summed E-state index contributed by atoms with van der Waals surface area (Å²) in [5.41, 5.74) is 0.720. The van der Waals surface area contributed by atoms with E-state index in [1.165, 1.54) is 6.07 Å². The second kappa shape index (κ2) is 8.36. The number of carbonyl (C=O) groups is 1. The van der Waals surface area contributed by atoms with E-state index >= 15 is 0 Å². The van der Waals surface area contributed by atoms with E-state index in [2.05, 4.69) is 15.0 Å². The Morgan fingerprint density at radius 1 is 1.42 bits per heavy atom. The van der Waals surface area contributed by atoms with Gasteiger partial charge in [0.25, 0.3) is 6.43 Å². The minimum Gasteiger partial charge on any atom is -0.375 e. The fraction of sp³-hybridized carbons (Fsp3) is 0.500. The van der Waals surface area contributed by atoms with Crippen molar-refractivity contribution in [3.8, 4) is 0 Å². The number of ether oxygens (including phenoxy) is 1. The van der Waals surface area contributed by atoms with Gasteiger partial charge in [-0.1, -0.05) is 6.07 Å². The van der Waals surface area contributed by atoms with Gasteiger partial charge in [0.1, 0.15) is 6.61 Å². The molecular formula is C12H16F2N2O3. The fourth-order valence-electron chi connectivity index (χ4n) is 1.37. The van der Waals surface area contributed by atoms with Gasteiger partial charge in [0.05, 0.1) is 6.61 Å². The number of amides is 1. The number of H-pyrrole nitrogens is 1. The summed E-state index contributed by atoms with van der Waals surface area (Å²) in [6, 6.07) is 3.09. The molecule has 0 bridgehead atoms. The van der Waals surface area contributed by atoms with E-state index in [0.29, 0.717) is 13.0 Å². The predicted molar refractivity (Wildman–Crippen MR) is 65.2 cm³/mol. The standard InChI is InChI=1S/C12H16F2N2O3/c13-10(14)8-19-6-4-12(18)15-5-3-9-1-2-11(17)16-7-9/h1-2,7,10H,3-6,8H2,(H,15,18)(H,16,17). The van der Waals surface area contributed by atoms with Gasteiger partial charge in [-0.05, 0) is 12.0 Å². The lowest BCUT2D eigenvalue weighted by molar-refractivity contribution is -0.122. The molecule has 0 aliphatic heterocycles. The third-order valence-electron chi connectivity index (χ3n) is 2.30. The van der Waals surface area contributed by atoms with Crippen molar-refractivity contribution in [2.45, 2.75) is 19.3 Å². The van der Waals surface area contributed by atoms with Crippen molar-refractivity contribution in [2.24, 2.45) is 0 Å².